The summed E-state index contributed by atoms with van der Waals surface area (Å²) in [6, 6.07) is 16.7. The zero-order chi connectivity index (χ0) is 15.8. The van der Waals surface area contributed by atoms with E-state index in [1.54, 1.807) is 29.1 Å². The third kappa shape index (κ3) is 2.36. The van der Waals surface area contributed by atoms with Gasteiger partial charge in [0.1, 0.15) is 11.6 Å². The largest absolute Gasteiger partial charge is 0.508 e. The maximum absolute atomic E-state index is 12.2. The summed E-state index contributed by atoms with van der Waals surface area (Å²) >= 11 is 0. The first kappa shape index (κ1) is 13.6. The fraction of sp³-hybridized carbons (Fsp3) is 0.111. The molecular formula is C18H15N3O2. The number of para-hydroxylation sites is 1. The van der Waals surface area contributed by atoms with Gasteiger partial charge in [0.2, 0.25) is 5.91 Å². The van der Waals surface area contributed by atoms with Crippen molar-refractivity contribution >= 4 is 11.7 Å². The highest BCUT2D eigenvalue weighted by Crippen LogP contribution is 2.38. The summed E-state index contributed by atoms with van der Waals surface area (Å²) < 4.78 is 1.74. The molecule has 0 saturated carbocycles. The van der Waals surface area contributed by atoms with Crippen molar-refractivity contribution in [3.63, 3.8) is 0 Å². The van der Waals surface area contributed by atoms with Crippen LogP contribution in [0, 0.1) is 0 Å². The Morgan fingerprint density at radius 1 is 1.13 bits per heavy atom. The number of nitrogens with one attached hydrogen (secondary N) is 1. The fourth-order valence-corrected chi connectivity index (χ4v) is 3.02. The molecule has 3 aromatic rings. The van der Waals surface area contributed by atoms with Crippen LogP contribution in [0.4, 0.5) is 5.82 Å². The summed E-state index contributed by atoms with van der Waals surface area (Å²) in [7, 11) is 0. The second-order valence-corrected chi connectivity index (χ2v) is 5.60. The molecule has 114 valence electrons. The molecule has 1 aromatic heterocycles. The van der Waals surface area contributed by atoms with Crippen molar-refractivity contribution in [3.05, 3.63) is 71.9 Å². The van der Waals surface area contributed by atoms with E-state index < -0.39 is 0 Å². The molecule has 0 bridgehead atoms. The van der Waals surface area contributed by atoms with E-state index in [2.05, 4.69) is 10.4 Å². The van der Waals surface area contributed by atoms with Crippen LogP contribution in [0.1, 0.15) is 23.5 Å². The highest BCUT2D eigenvalue weighted by atomic mass is 16.3. The monoisotopic (exact) mass is 305 g/mol. The Bertz CT molecular complexity index is 871. The van der Waals surface area contributed by atoms with Crippen molar-refractivity contribution in [2.75, 3.05) is 5.32 Å². The number of phenolic OH excluding ortho intramolecular Hbond substituents is 1. The van der Waals surface area contributed by atoms with E-state index in [0.29, 0.717) is 12.2 Å². The average molecular weight is 305 g/mol. The summed E-state index contributed by atoms with van der Waals surface area (Å²) in [5.74, 6) is 0.734. The Kier molecular flexibility index (Phi) is 3.12. The molecule has 0 spiro atoms. The van der Waals surface area contributed by atoms with Crippen molar-refractivity contribution in [3.8, 4) is 11.4 Å². The Morgan fingerprint density at radius 2 is 1.96 bits per heavy atom. The lowest BCUT2D eigenvalue weighted by molar-refractivity contribution is -0.116. The van der Waals surface area contributed by atoms with Crippen molar-refractivity contribution in [1.82, 2.24) is 9.78 Å². The number of nitrogens with zero attached hydrogens (tertiary/aromatic N) is 2. The molecule has 1 aliphatic rings. The van der Waals surface area contributed by atoms with Crippen molar-refractivity contribution in [2.24, 2.45) is 0 Å². The molecule has 0 aliphatic carbocycles. The van der Waals surface area contributed by atoms with Crippen LogP contribution in [0.5, 0.6) is 5.75 Å². The topological polar surface area (TPSA) is 67.1 Å². The SMILES string of the molecule is O=C1C[C@@H](c2cccc(O)c2)c2cnn(-c3ccccc3)c2N1. The molecule has 0 saturated heterocycles. The number of benzene rings is 2. The molecule has 0 unspecified atom stereocenters. The quantitative estimate of drug-likeness (QED) is 0.764. The van der Waals surface area contributed by atoms with Crippen molar-refractivity contribution in [2.45, 2.75) is 12.3 Å². The van der Waals surface area contributed by atoms with Crippen molar-refractivity contribution < 1.29 is 9.90 Å². The number of rotatable bonds is 2. The number of aromatic hydroxyl groups is 1. The minimum Gasteiger partial charge on any atom is -0.508 e. The van der Waals surface area contributed by atoms with Gasteiger partial charge in [-0.3, -0.25) is 4.79 Å². The molecule has 1 atom stereocenters. The molecule has 0 radical (unpaired) electrons. The van der Waals surface area contributed by atoms with Gasteiger partial charge in [0.25, 0.3) is 0 Å². The number of carbonyl (C=O) groups is 1. The number of amides is 1. The highest BCUT2D eigenvalue weighted by molar-refractivity contribution is 5.94. The molecule has 5 heteroatoms. The summed E-state index contributed by atoms with van der Waals surface area (Å²) in [6.07, 6.45) is 2.13. The van der Waals surface area contributed by atoms with E-state index in [4.69, 9.17) is 0 Å². The van der Waals surface area contributed by atoms with Crippen LogP contribution in [0.15, 0.2) is 60.8 Å². The average Bonchev–Trinajstić information content (AvgIpc) is 2.98. The van der Waals surface area contributed by atoms with Crippen LogP contribution < -0.4 is 5.32 Å². The second kappa shape index (κ2) is 5.28. The van der Waals surface area contributed by atoms with Gasteiger partial charge in [-0.15, -0.1) is 0 Å². The van der Waals surface area contributed by atoms with Gasteiger partial charge in [-0.25, -0.2) is 4.68 Å². The molecule has 0 fully saturated rings. The zero-order valence-corrected chi connectivity index (χ0v) is 12.3. The lowest BCUT2D eigenvalue weighted by Gasteiger charge is -2.23. The highest BCUT2D eigenvalue weighted by Gasteiger charge is 2.30. The Balaban J connectivity index is 1.83. The maximum Gasteiger partial charge on any atom is 0.226 e. The van der Waals surface area contributed by atoms with Gasteiger partial charge in [-0.2, -0.15) is 5.10 Å². The van der Waals surface area contributed by atoms with Crippen LogP contribution in [0.25, 0.3) is 5.69 Å². The maximum atomic E-state index is 12.2. The van der Waals surface area contributed by atoms with Gasteiger partial charge in [-0.1, -0.05) is 30.3 Å². The number of carbonyl (C=O) groups excluding carboxylic acids is 1. The van der Waals surface area contributed by atoms with Crippen LogP contribution in [-0.2, 0) is 4.79 Å². The lowest BCUT2D eigenvalue weighted by Crippen LogP contribution is -2.24. The van der Waals surface area contributed by atoms with Gasteiger partial charge in [-0.05, 0) is 29.8 Å². The number of anilines is 1. The minimum absolute atomic E-state index is 0.0523. The summed E-state index contributed by atoms with van der Waals surface area (Å²) in [5, 5.41) is 17.1. The van der Waals surface area contributed by atoms with E-state index in [9.17, 15) is 9.90 Å². The molecule has 4 rings (SSSR count). The van der Waals surface area contributed by atoms with E-state index in [1.165, 1.54) is 0 Å². The van der Waals surface area contributed by atoms with Crippen LogP contribution in [0.3, 0.4) is 0 Å². The minimum atomic E-state index is -0.108. The van der Waals surface area contributed by atoms with Gasteiger partial charge < -0.3 is 10.4 Å². The number of hydrogen-bond acceptors (Lipinski definition) is 3. The molecule has 23 heavy (non-hydrogen) atoms. The van der Waals surface area contributed by atoms with Crippen molar-refractivity contribution in [1.29, 1.82) is 0 Å². The van der Waals surface area contributed by atoms with E-state index >= 15 is 0 Å². The third-order valence-corrected chi connectivity index (χ3v) is 4.09. The second-order valence-electron chi connectivity index (χ2n) is 5.60. The van der Waals surface area contributed by atoms with E-state index in [0.717, 1.165) is 16.8 Å². The first-order valence-electron chi connectivity index (χ1n) is 7.44. The van der Waals surface area contributed by atoms with Crippen LogP contribution >= 0.6 is 0 Å². The normalized spacial score (nSPS) is 16.7. The zero-order valence-electron chi connectivity index (χ0n) is 12.3. The molecular weight excluding hydrogens is 290 g/mol. The summed E-state index contributed by atoms with van der Waals surface area (Å²) in [5.41, 5.74) is 2.76. The van der Waals surface area contributed by atoms with E-state index in [1.807, 2.05) is 36.4 Å². The first-order valence-corrected chi connectivity index (χ1v) is 7.44. The fourth-order valence-electron chi connectivity index (χ4n) is 3.02. The smallest absolute Gasteiger partial charge is 0.226 e. The predicted octanol–water partition coefficient (Wildman–Crippen LogP) is 3.05. The summed E-state index contributed by atoms with van der Waals surface area (Å²) in [4.78, 5) is 12.2. The number of phenols is 1. The molecule has 2 aromatic carbocycles. The molecule has 2 N–H and O–H groups in total. The number of hydrogen-bond donors (Lipinski definition) is 2. The Labute approximate surface area is 133 Å². The summed E-state index contributed by atoms with van der Waals surface area (Å²) in [6.45, 7) is 0. The third-order valence-electron chi connectivity index (χ3n) is 4.09. The van der Waals surface area contributed by atoms with E-state index in [-0.39, 0.29) is 17.6 Å². The van der Waals surface area contributed by atoms with Gasteiger partial charge in [0.05, 0.1) is 11.9 Å². The van der Waals surface area contributed by atoms with Crippen LogP contribution in [-0.4, -0.2) is 20.8 Å². The molecule has 5 nitrogen and oxygen atoms in total. The lowest BCUT2D eigenvalue weighted by atomic mass is 9.87. The number of fused-ring (bicyclic) bond motifs is 1. The standard InChI is InChI=1S/C18H15N3O2/c22-14-8-4-5-12(9-14)15-10-17(23)20-18-16(15)11-19-21(18)13-6-2-1-3-7-13/h1-9,11,15,22H,10H2,(H,20,23)/t15-/m0/s1. The first-order chi connectivity index (χ1) is 11.2. The molecule has 2 heterocycles. The molecule has 1 aliphatic heterocycles. The molecule has 1 amide bonds. The Hall–Kier alpha value is -3.08. The predicted molar refractivity (Wildman–Crippen MR) is 86.8 cm³/mol. The Morgan fingerprint density at radius 3 is 2.74 bits per heavy atom. The van der Waals surface area contributed by atoms with Gasteiger partial charge in [0.15, 0.2) is 0 Å². The van der Waals surface area contributed by atoms with Gasteiger partial charge in [0, 0.05) is 17.9 Å². The van der Waals surface area contributed by atoms with Gasteiger partial charge >= 0.3 is 0 Å². The van der Waals surface area contributed by atoms with Crippen LogP contribution in [0.2, 0.25) is 0 Å². The number of aromatic nitrogens is 2.